The van der Waals surface area contributed by atoms with Crippen molar-refractivity contribution in [3.63, 3.8) is 0 Å². The Morgan fingerprint density at radius 2 is 1.78 bits per heavy atom. The van der Waals surface area contributed by atoms with Gasteiger partial charge in [-0.15, -0.1) is 0 Å². The molecule has 0 atom stereocenters. The van der Waals surface area contributed by atoms with Crippen LogP contribution in [0.4, 0.5) is 0 Å². The maximum absolute atomic E-state index is 12.2. The highest BCUT2D eigenvalue weighted by molar-refractivity contribution is 5.79. The van der Waals surface area contributed by atoms with Crippen LogP contribution < -0.4 is 4.74 Å². The Morgan fingerprint density at radius 1 is 1.22 bits per heavy atom. The number of benzene rings is 1. The lowest BCUT2D eigenvalue weighted by atomic mass is 9.85. The van der Waals surface area contributed by atoms with E-state index in [0.29, 0.717) is 11.7 Å². The van der Waals surface area contributed by atoms with E-state index < -0.39 is 0 Å². The van der Waals surface area contributed by atoms with Gasteiger partial charge < -0.3 is 4.74 Å². The second-order valence-electron chi connectivity index (χ2n) is 5.35. The van der Waals surface area contributed by atoms with Gasteiger partial charge in [-0.1, -0.05) is 45.9 Å². The van der Waals surface area contributed by atoms with E-state index in [4.69, 9.17) is 4.74 Å². The number of carbonyl (C=O) groups is 1. The van der Waals surface area contributed by atoms with E-state index in [0.717, 1.165) is 18.4 Å². The molecule has 0 aliphatic carbocycles. The number of hydrogen-bond donors (Lipinski definition) is 0. The Kier molecular flexibility index (Phi) is 4.94. The summed E-state index contributed by atoms with van der Waals surface area (Å²) in [5, 5.41) is 0. The smallest absolute Gasteiger partial charge is 0.317 e. The molecule has 100 valence electrons. The Labute approximate surface area is 110 Å². The average molecular weight is 248 g/mol. The highest BCUT2D eigenvalue weighted by Crippen LogP contribution is 2.31. The molecule has 0 aliphatic rings. The van der Waals surface area contributed by atoms with Crippen molar-refractivity contribution in [2.24, 2.45) is 5.41 Å². The van der Waals surface area contributed by atoms with Crippen LogP contribution in [0.3, 0.4) is 0 Å². The third-order valence-corrected chi connectivity index (χ3v) is 3.80. The highest BCUT2D eigenvalue weighted by Gasteiger charge is 2.31. The summed E-state index contributed by atoms with van der Waals surface area (Å²) in [6.45, 7) is 10.2. The van der Waals surface area contributed by atoms with Crippen LogP contribution in [-0.2, 0) is 4.79 Å². The van der Waals surface area contributed by atoms with Crippen molar-refractivity contribution < 1.29 is 9.53 Å². The minimum absolute atomic E-state index is 0.124. The van der Waals surface area contributed by atoms with E-state index in [2.05, 4.69) is 13.8 Å². The molecule has 2 heteroatoms. The van der Waals surface area contributed by atoms with Crippen LogP contribution in [0.25, 0.3) is 0 Å². The molecule has 0 bridgehead atoms. The van der Waals surface area contributed by atoms with Crippen LogP contribution in [0, 0.1) is 5.41 Å². The molecule has 0 saturated carbocycles. The second kappa shape index (κ2) is 6.03. The molecule has 0 spiro atoms. The zero-order valence-electron chi connectivity index (χ0n) is 12.1. The van der Waals surface area contributed by atoms with Crippen molar-refractivity contribution in [3.8, 4) is 5.75 Å². The number of para-hydroxylation sites is 1. The van der Waals surface area contributed by atoms with E-state index in [1.807, 2.05) is 45.0 Å². The van der Waals surface area contributed by atoms with Crippen molar-refractivity contribution in [2.75, 3.05) is 0 Å². The second-order valence-corrected chi connectivity index (χ2v) is 5.35. The third-order valence-electron chi connectivity index (χ3n) is 3.80. The number of carbonyl (C=O) groups excluding carboxylic acids is 1. The van der Waals surface area contributed by atoms with Crippen molar-refractivity contribution >= 4 is 5.97 Å². The minimum atomic E-state index is -0.385. The lowest BCUT2D eigenvalue weighted by molar-refractivity contribution is -0.145. The number of ether oxygens (including phenoxy) is 1. The lowest BCUT2D eigenvalue weighted by Gasteiger charge is -2.25. The van der Waals surface area contributed by atoms with Gasteiger partial charge in [0.25, 0.3) is 0 Å². The summed E-state index contributed by atoms with van der Waals surface area (Å²) in [5.74, 6) is 0.926. The molecule has 1 rings (SSSR count). The van der Waals surface area contributed by atoms with Crippen LogP contribution in [0.5, 0.6) is 5.75 Å². The van der Waals surface area contributed by atoms with Gasteiger partial charge in [0.2, 0.25) is 0 Å². The molecule has 2 nitrogen and oxygen atoms in total. The van der Waals surface area contributed by atoms with Gasteiger partial charge in [0.15, 0.2) is 0 Å². The molecule has 1 aromatic rings. The molecule has 0 heterocycles. The fraction of sp³-hybridized carbons (Fsp3) is 0.562. The summed E-state index contributed by atoms with van der Waals surface area (Å²) in [5.41, 5.74) is 0.699. The Balaban J connectivity index is 2.95. The SMILES string of the molecule is CCC(C)(CC)C(=O)Oc1ccccc1C(C)C. The van der Waals surface area contributed by atoms with E-state index in [1.54, 1.807) is 0 Å². The van der Waals surface area contributed by atoms with Gasteiger partial charge in [-0.05, 0) is 37.3 Å². The van der Waals surface area contributed by atoms with E-state index in [-0.39, 0.29) is 11.4 Å². The summed E-state index contributed by atoms with van der Waals surface area (Å²) in [6, 6.07) is 7.77. The summed E-state index contributed by atoms with van der Waals surface area (Å²) < 4.78 is 5.61. The molecule has 18 heavy (non-hydrogen) atoms. The molecule has 0 unspecified atom stereocenters. The van der Waals surface area contributed by atoms with E-state index in [1.165, 1.54) is 0 Å². The molecular formula is C16H24O2. The predicted molar refractivity (Wildman–Crippen MR) is 74.9 cm³/mol. The zero-order chi connectivity index (χ0) is 13.8. The van der Waals surface area contributed by atoms with Gasteiger partial charge in [-0.2, -0.15) is 0 Å². The van der Waals surface area contributed by atoms with Crippen molar-refractivity contribution in [1.29, 1.82) is 0 Å². The zero-order valence-corrected chi connectivity index (χ0v) is 12.1. The molecule has 0 aliphatic heterocycles. The summed E-state index contributed by atoms with van der Waals surface area (Å²) >= 11 is 0. The van der Waals surface area contributed by atoms with Crippen LogP contribution in [0.15, 0.2) is 24.3 Å². The van der Waals surface area contributed by atoms with Gasteiger partial charge in [0.05, 0.1) is 5.41 Å². The number of esters is 1. The monoisotopic (exact) mass is 248 g/mol. The fourth-order valence-corrected chi connectivity index (χ4v) is 1.81. The van der Waals surface area contributed by atoms with Gasteiger partial charge >= 0.3 is 5.97 Å². The summed E-state index contributed by atoms with van der Waals surface area (Å²) in [6.07, 6.45) is 1.60. The first-order chi connectivity index (χ1) is 8.44. The standard InChI is InChI=1S/C16H24O2/c1-6-16(5,7-2)15(17)18-14-11-9-8-10-13(14)12(3)4/h8-12H,6-7H2,1-5H3. The largest absolute Gasteiger partial charge is 0.426 e. The minimum Gasteiger partial charge on any atom is -0.426 e. The molecule has 0 amide bonds. The molecule has 0 saturated heterocycles. The lowest BCUT2D eigenvalue weighted by Crippen LogP contribution is -2.31. The molecule has 1 aromatic carbocycles. The van der Waals surface area contributed by atoms with Gasteiger partial charge in [0.1, 0.15) is 5.75 Å². The Hall–Kier alpha value is -1.31. The van der Waals surface area contributed by atoms with Gasteiger partial charge in [-0.25, -0.2) is 0 Å². The topological polar surface area (TPSA) is 26.3 Å². The maximum atomic E-state index is 12.2. The van der Waals surface area contributed by atoms with Gasteiger partial charge in [0, 0.05) is 0 Å². The Bertz CT molecular complexity index is 403. The predicted octanol–water partition coefficient (Wildman–Crippen LogP) is 4.54. The van der Waals surface area contributed by atoms with Crippen LogP contribution in [0.1, 0.15) is 58.9 Å². The van der Waals surface area contributed by atoms with Crippen LogP contribution in [0.2, 0.25) is 0 Å². The number of rotatable bonds is 5. The highest BCUT2D eigenvalue weighted by atomic mass is 16.5. The van der Waals surface area contributed by atoms with Gasteiger partial charge in [-0.3, -0.25) is 4.79 Å². The van der Waals surface area contributed by atoms with E-state index >= 15 is 0 Å². The first-order valence-corrected chi connectivity index (χ1v) is 6.75. The fourth-order valence-electron chi connectivity index (χ4n) is 1.81. The average Bonchev–Trinajstić information content (AvgIpc) is 2.38. The third kappa shape index (κ3) is 3.12. The first kappa shape index (κ1) is 14.7. The van der Waals surface area contributed by atoms with Crippen LogP contribution in [-0.4, -0.2) is 5.97 Å². The maximum Gasteiger partial charge on any atom is 0.317 e. The molecule has 0 aromatic heterocycles. The molecule has 0 N–H and O–H groups in total. The summed E-state index contributed by atoms with van der Waals surface area (Å²) in [4.78, 5) is 12.2. The van der Waals surface area contributed by atoms with Crippen molar-refractivity contribution in [3.05, 3.63) is 29.8 Å². The molecule has 0 radical (unpaired) electrons. The number of hydrogen-bond acceptors (Lipinski definition) is 2. The molecular weight excluding hydrogens is 224 g/mol. The summed E-state index contributed by atoms with van der Waals surface area (Å²) in [7, 11) is 0. The first-order valence-electron chi connectivity index (χ1n) is 6.75. The van der Waals surface area contributed by atoms with E-state index in [9.17, 15) is 4.79 Å². The quantitative estimate of drug-likeness (QED) is 0.565. The Morgan fingerprint density at radius 3 is 2.28 bits per heavy atom. The van der Waals surface area contributed by atoms with Crippen molar-refractivity contribution in [1.82, 2.24) is 0 Å². The molecule has 0 fully saturated rings. The normalized spacial score (nSPS) is 11.7. The van der Waals surface area contributed by atoms with Crippen molar-refractivity contribution in [2.45, 2.75) is 53.4 Å². The van der Waals surface area contributed by atoms with Crippen LogP contribution >= 0.6 is 0 Å².